The minimum atomic E-state index is -0.522. The summed E-state index contributed by atoms with van der Waals surface area (Å²) in [5.41, 5.74) is 1.38. The van der Waals surface area contributed by atoms with Gasteiger partial charge in [-0.1, -0.05) is 11.6 Å². The van der Waals surface area contributed by atoms with Crippen molar-refractivity contribution in [1.82, 2.24) is 4.90 Å². The van der Waals surface area contributed by atoms with Crippen LogP contribution in [0.5, 0.6) is 11.5 Å². The molecule has 4 rings (SSSR count). The smallest absolute Gasteiger partial charge is 0.410 e. The van der Waals surface area contributed by atoms with Gasteiger partial charge >= 0.3 is 12.1 Å². The molecule has 0 unspecified atom stereocenters. The van der Waals surface area contributed by atoms with E-state index in [2.05, 4.69) is 26.8 Å². The van der Waals surface area contributed by atoms with Gasteiger partial charge in [0.15, 0.2) is 0 Å². The van der Waals surface area contributed by atoms with E-state index in [0.717, 1.165) is 42.7 Å². The van der Waals surface area contributed by atoms with Crippen LogP contribution in [0.2, 0.25) is 0 Å². The van der Waals surface area contributed by atoms with Gasteiger partial charge in [-0.3, -0.25) is 4.79 Å². The number of hydrogen-bond acceptors (Lipinski definition) is 7. The zero-order chi connectivity index (χ0) is 29.1. The topological polar surface area (TPSA) is 83.5 Å². The molecule has 0 aromatic heterocycles. The van der Waals surface area contributed by atoms with Crippen molar-refractivity contribution in [3.8, 4) is 11.5 Å². The van der Waals surface area contributed by atoms with Crippen LogP contribution in [0.15, 0.2) is 29.8 Å². The molecule has 222 valence electrons. The van der Waals surface area contributed by atoms with Crippen molar-refractivity contribution in [2.75, 3.05) is 26.8 Å². The Morgan fingerprint density at radius 1 is 1.23 bits per heavy atom. The number of likely N-dealkylation sites (tertiary alicyclic amines) is 1. The fraction of sp³-hybridized carbons (Fsp3) is 0.688. The third kappa shape index (κ3) is 7.31. The lowest BCUT2D eigenvalue weighted by molar-refractivity contribution is -0.191. The minimum Gasteiger partial charge on any atom is -0.494 e. The molecule has 2 fully saturated rings. The number of allylic oxidation sites excluding steroid dienone is 2. The summed E-state index contributed by atoms with van der Waals surface area (Å²) in [6.45, 7) is 13.8. The van der Waals surface area contributed by atoms with E-state index in [-0.39, 0.29) is 36.1 Å². The number of fused-ring (bicyclic) bond motifs is 4. The number of esters is 1. The molecular weight excluding hydrogens is 510 g/mol. The van der Waals surface area contributed by atoms with E-state index >= 15 is 0 Å². The number of methoxy groups -OCH3 is 1. The lowest BCUT2D eigenvalue weighted by Gasteiger charge is -2.54. The summed E-state index contributed by atoms with van der Waals surface area (Å²) in [5.74, 6) is 1.69. The largest absolute Gasteiger partial charge is 0.494 e. The van der Waals surface area contributed by atoms with E-state index in [1.54, 1.807) is 0 Å². The Kier molecular flexibility index (Phi) is 9.38. The number of piperidine rings is 1. The quantitative estimate of drug-likeness (QED) is 0.202. The number of rotatable bonds is 8. The second kappa shape index (κ2) is 12.4. The number of nitrogens with zero attached hydrogens (tertiary/aromatic N) is 1. The summed E-state index contributed by atoms with van der Waals surface area (Å²) in [4.78, 5) is 26.1. The second-order valence-corrected chi connectivity index (χ2v) is 12.9. The van der Waals surface area contributed by atoms with E-state index < -0.39 is 11.2 Å². The number of benzene rings is 1. The highest BCUT2D eigenvalue weighted by atomic mass is 16.6. The molecule has 0 N–H and O–H groups in total. The molecule has 2 saturated heterocycles. The number of carbonyl (C=O) groups excluding carboxylic acids is 2. The van der Waals surface area contributed by atoms with Crippen molar-refractivity contribution in [3.05, 3.63) is 35.4 Å². The van der Waals surface area contributed by atoms with Gasteiger partial charge in [0.1, 0.15) is 22.7 Å². The summed E-state index contributed by atoms with van der Waals surface area (Å²) in [7, 11) is 1.40. The highest BCUT2D eigenvalue weighted by molar-refractivity contribution is 5.69. The zero-order valence-corrected chi connectivity index (χ0v) is 25.3. The van der Waals surface area contributed by atoms with Crippen LogP contribution >= 0.6 is 0 Å². The Morgan fingerprint density at radius 3 is 2.70 bits per heavy atom. The van der Waals surface area contributed by atoms with Gasteiger partial charge in [-0.25, -0.2) is 4.79 Å². The standard InChI is InChI=1S/C32H47NO7/c1-21(2)10-8-15-32(6)25-18-22-20-33(30(35)40-31(3,4)5)16-14-26(22)38-29(25)24-19-23(12-13-27(24)39-32)37-17-9-11-28(34)36-7/h10,12-13,19,22,25-26,29H,8-9,11,14-18,20H2,1-7H3/t22-,25-,26-,29+,32+/m0/s1. The van der Waals surface area contributed by atoms with Crippen LogP contribution in [-0.2, 0) is 19.0 Å². The molecule has 1 aromatic rings. The molecule has 1 aromatic carbocycles. The van der Waals surface area contributed by atoms with Crippen LogP contribution in [-0.4, -0.2) is 61.1 Å². The Bertz CT molecular complexity index is 1090. The van der Waals surface area contributed by atoms with Crippen molar-refractivity contribution < 1.29 is 33.3 Å². The molecule has 8 heteroatoms. The van der Waals surface area contributed by atoms with Gasteiger partial charge in [-0.2, -0.15) is 0 Å². The molecule has 0 saturated carbocycles. The number of hydrogen-bond donors (Lipinski definition) is 0. The molecule has 0 bridgehead atoms. The first-order chi connectivity index (χ1) is 18.9. The van der Waals surface area contributed by atoms with Crippen molar-refractivity contribution in [2.24, 2.45) is 11.8 Å². The van der Waals surface area contributed by atoms with Crippen molar-refractivity contribution in [3.63, 3.8) is 0 Å². The van der Waals surface area contributed by atoms with Gasteiger partial charge in [-0.15, -0.1) is 0 Å². The van der Waals surface area contributed by atoms with E-state index in [0.29, 0.717) is 32.5 Å². The zero-order valence-electron chi connectivity index (χ0n) is 25.3. The molecule has 0 aliphatic carbocycles. The molecule has 5 atom stereocenters. The summed E-state index contributed by atoms with van der Waals surface area (Å²) in [6.07, 6.45) is 6.37. The van der Waals surface area contributed by atoms with Gasteiger partial charge in [0.2, 0.25) is 0 Å². The van der Waals surface area contributed by atoms with Crippen molar-refractivity contribution in [2.45, 2.75) is 103 Å². The number of ether oxygens (including phenoxy) is 5. The summed E-state index contributed by atoms with van der Waals surface area (Å²) in [6, 6.07) is 5.96. The number of carbonyl (C=O) groups is 2. The van der Waals surface area contributed by atoms with Crippen molar-refractivity contribution >= 4 is 12.1 Å². The molecule has 3 aliphatic rings. The van der Waals surface area contributed by atoms with Crippen LogP contribution < -0.4 is 9.47 Å². The highest BCUT2D eigenvalue weighted by Gasteiger charge is 2.53. The molecule has 0 spiro atoms. The Labute approximate surface area is 239 Å². The predicted octanol–water partition coefficient (Wildman–Crippen LogP) is 6.62. The van der Waals surface area contributed by atoms with Crippen LogP contribution in [0, 0.1) is 11.8 Å². The predicted molar refractivity (Wildman–Crippen MR) is 153 cm³/mol. The highest BCUT2D eigenvalue weighted by Crippen LogP contribution is 2.55. The Morgan fingerprint density at radius 2 is 2.00 bits per heavy atom. The van der Waals surface area contributed by atoms with Gasteiger partial charge in [0.05, 0.1) is 25.9 Å². The maximum Gasteiger partial charge on any atom is 0.410 e. The van der Waals surface area contributed by atoms with Gasteiger partial charge < -0.3 is 28.6 Å². The van der Waals surface area contributed by atoms with E-state index in [4.69, 9.17) is 23.7 Å². The third-order valence-corrected chi connectivity index (χ3v) is 8.19. The Balaban J connectivity index is 1.54. The van der Waals surface area contributed by atoms with Crippen molar-refractivity contribution in [1.29, 1.82) is 0 Å². The average Bonchev–Trinajstić information content (AvgIpc) is 2.89. The summed E-state index contributed by atoms with van der Waals surface area (Å²) in [5, 5.41) is 0. The molecule has 8 nitrogen and oxygen atoms in total. The summed E-state index contributed by atoms with van der Waals surface area (Å²) >= 11 is 0. The maximum atomic E-state index is 12.9. The minimum absolute atomic E-state index is 0.0672. The van der Waals surface area contributed by atoms with Crippen LogP contribution in [0.3, 0.4) is 0 Å². The molecule has 3 heterocycles. The number of amides is 1. The normalized spacial score (nSPS) is 27.3. The molecule has 40 heavy (non-hydrogen) atoms. The maximum absolute atomic E-state index is 12.9. The molecule has 1 amide bonds. The first-order valence-corrected chi connectivity index (χ1v) is 14.7. The first-order valence-electron chi connectivity index (χ1n) is 14.7. The van der Waals surface area contributed by atoms with E-state index in [1.165, 1.54) is 12.7 Å². The first kappa shape index (κ1) is 30.2. The summed E-state index contributed by atoms with van der Waals surface area (Å²) < 4.78 is 30.1. The Hall–Kier alpha value is -2.74. The monoisotopic (exact) mass is 557 g/mol. The SMILES string of the molecule is COC(=O)CCCOc1ccc2c(c1)[C@H]1O[C@H]3CCN(C(=O)OC(C)(C)C)C[C@@H]3C[C@@H]1[C@@](C)(CCC=C(C)C)O2. The third-order valence-electron chi connectivity index (χ3n) is 8.19. The van der Waals surface area contributed by atoms with Crippen LogP contribution in [0.1, 0.15) is 91.7 Å². The lowest BCUT2D eigenvalue weighted by atomic mass is 9.68. The van der Waals surface area contributed by atoms with Crippen LogP contribution in [0.25, 0.3) is 0 Å². The molecule has 3 aliphatic heterocycles. The molecular formula is C32H47NO7. The van der Waals surface area contributed by atoms with E-state index in [9.17, 15) is 9.59 Å². The lowest BCUT2D eigenvalue weighted by Crippen LogP contribution is -2.57. The molecule has 0 radical (unpaired) electrons. The van der Waals surface area contributed by atoms with Gasteiger partial charge in [0.25, 0.3) is 0 Å². The fourth-order valence-corrected chi connectivity index (χ4v) is 6.15. The van der Waals surface area contributed by atoms with Gasteiger partial charge in [-0.05, 0) is 91.8 Å². The fourth-order valence-electron chi connectivity index (χ4n) is 6.15. The van der Waals surface area contributed by atoms with Crippen LogP contribution in [0.4, 0.5) is 4.79 Å². The van der Waals surface area contributed by atoms with E-state index in [1.807, 2.05) is 43.9 Å². The second-order valence-electron chi connectivity index (χ2n) is 12.9. The van der Waals surface area contributed by atoms with Gasteiger partial charge in [0, 0.05) is 36.9 Å². The average molecular weight is 558 g/mol.